The minimum Gasteiger partial charge on any atom is -0.472 e. The number of ether oxygens (including phenoxy) is 4. The number of hydrogen-bond acceptors (Lipinski definition) is 14. The van der Waals surface area contributed by atoms with Gasteiger partial charge >= 0.3 is 12.1 Å². The molecule has 3 aromatic heterocycles. The normalized spacial score (nSPS) is 20.9. The van der Waals surface area contributed by atoms with E-state index in [2.05, 4.69) is 10.3 Å². The fraction of sp³-hybridized carbons (Fsp3) is 0.439. The van der Waals surface area contributed by atoms with Crippen LogP contribution in [0, 0.1) is 16.0 Å². The second-order valence-corrected chi connectivity index (χ2v) is 16.0. The van der Waals surface area contributed by atoms with Crippen molar-refractivity contribution in [2.75, 3.05) is 31.1 Å². The third kappa shape index (κ3) is 8.92. The number of furan rings is 1. The van der Waals surface area contributed by atoms with E-state index >= 15 is 4.39 Å². The van der Waals surface area contributed by atoms with Gasteiger partial charge in [0.2, 0.25) is 5.88 Å². The molecule has 5 aromatic rings. The predicted molar refractivity (Wildman–Crippen MR) is 212 cm³/mol. The number of anilines is 1. The van der Waals surface area contributed by atoms with E-state index in [-0.39, 0.29) is 54.8 Å². The van der Waals surface area contributed by atoms with Gasteiger partial charge in [-0.05, 0) is 76.9 Å². The van der Waals surface area contributed by atoms with E-state index in [0.717, 1.165) is 5.39 Å². The molecule has 2 aliphatic rings. The molecule has 2 aliphatic heterocycles. The number of aromatic nitrogens is 3. The Kier molecular flexibility index (Phi) is 11.7. The highest BCUT2D eigenvalue weighted by Gasteiger charge is 2.46. The standard InChI is InChI=1S/C41H44ClFN6O9/c1-24-21-44-17-16-41(24,43)30-19-25(42)22-45-37(30)55-28-20-31(38(50)58-40(2,3)4)48(23-28)36-35-34(29-9-5-6-10-32(29)57-35)46-33(47-36)11-7-8-18-54-39(51)56-27-14-12-26(13-15-27)49(52)53/h5-6,9-10,12-15,19,22,24,28,31,44H,7-8,11,16-18,20-21,23H2,1-4H3/t24-,28-,31-,41+/m0/s1. The average Bonchev–Trinajstić information content (AvgIpc) is 3.78. The predicted octanol–water partition coefficient (Wildman–Crippen LogP) is 8.03. The Morgan fingerprint density at radius 3 is 2.66 bits per heavy atom. The van der Waals surface area contributed by atoms with Gasteiger partial charge in [0.05, 0.1) is 28.7 Å². The number of halogens is 2. The van der Waals surface area contributed by atoms with Gasteiger partial charge in [0.25, 0.3) is 5.69 Å². The zero-order valence-corrected chi connectivity index (χ0v) is 33.3. The van der Waals surface area contributed by atoms with Crippen molar-refractivity contribution in [2.24, 2.45) is 5.92 Å². The summed E-state index contributed by atoms with van der Waals surface area (Å²) >= 11 is 6.37. The summed E-state index contributed by atoms with van der Waals surface area (Å²) < 4.78 is 45.9. The van der Waals surface area contributed by atoms with E-state index in [9.17, 15) is 19.7 Å². The summed E-state index contributed by atoms with van der Waals surface area (Å²) in [6, 6.07) is 13.3. The minimum absolute atomic E-state index is 0.0393. The van der Waals surface area contributed by atoms with Crippen LogP contribution >= 0.6 is 11.6 Å². The molecule has 0 spiro atoms. The van der Waals surface area contributed by atoms with Gasteiger partial charge < -0.3 is 33.6 Å². The summed E-state index contributed by atoms with van der Waals surface area (Å²) in [5.41, 5.74) is -0.852. The van der Waals surface area contributed by atoms with Gasteiger partial charge in [-0.3, -0.25) is 10.1 Å². The molecule has 0 radical (unpaired) electrons. The van der Waals surface area contributed by atoms with Crippen LogP contribution < -0.4 is 19.7 Å². The van der Waals surface area contributed by atoms with Gasteiger partial charge in [-0.25, -0.2) is 28.9 Å². The molecule has 4 atom stereocenters. The van der Waals surface area contributed by atoms with E-state index in [1.807, 2.05) is 31.2 Å². The van der Waals surface area contributed by atoms with Gasteiger partial charge in [0.1, 0.15) is 46.1 Å². The lowest BCUT2D eigenvalue weighted by Gasteiger charge is -2.37. The van der Waals surface area contributed by atoms with E-state index < -0.39 is 40.5 Å². The zero-order valence-electron chi connectivity index (χ0n) is 32.5. The number of nitrogens with one attached hydrogen (secondary N) is 1. The SMILES string of the molecule is C[C@H]1CNCC[C@]1(F)c1cc(Cl)cnc1O[C@H]1C[C@@H](C(=O)OC(C)(C)C)N(c2nc(CCCCOC(=O)Oc3ccc([N+](=O)[O-])cc3)nc3c2oc2ccccc23)C1. The number of rotatable bonds is 12. The smallest absolute Gasteiger partial charge is 0.472 e. The highest BCUT2D eigenvalue weighted by molar-refractivity contribution is 6.30. The first-order chi connectivity index (χ1) is 27.7. The second-order valence-electron chi connectivity index (χ2n) is 15.5. The van der Waals surface area contributed by atoms with E-state index in [1.54, 1.807) is 31.7 Å². The summed E-state index contributed by atoms with van der Waals surface area (Å²) in [5.74, 6) is 0.214. The quantitative estimate of drug-likeness (QED) is 0.0420. The van der Waals surface area contributed by atoms with Gasteiger partial charge in [0.15, 0.2) is 11.4 Å². The van der Waals surface area contributed by atoms with Gasteiger partial charge in [0, 0.05) is 49.0 Å². The van der Waals surface area contributed by atoms with Crippen molar-refractivity contribution >= 4 is 57.3 Å². The number of pyridine rings is 1. The number of non-ortho nitro benzene ring substituents is 1. The number of unbranched alkanes of at least 4 members (excludes halogenated alkanes) is 1. The Hall–Kier alpha value is -5.61. The fourth-order valence-electron chi connectivity index (χ4n) is 7.31. The van der Waals surface area contributed by atoms with E-state index in [0.29, 0.717) is 65.7 Å². The highest BCUT2D eigenvalue weighted by atomic mass is 35.5. The topological polar surface area (TPSA) is 181 Å². The maximum absolute atomic E-state index is 16.8. The third-order valence-electron chi connectivity index (χ3n) is 10.2. The number of nitro benzene ring substituents is 1. The Balaban J connectivity index is 1.13. The highest BCUT2D eigenvalue weighted by Crippen LogP contribution is 2.45. The number of nitro groups is 1. The van der Waals surface area contributed by atoms with Crippen molar-refractivity contribution < 1.29 is 42.3 Å². The summed E-state index contributed by atoms with van der Waals surface area (Å²) in [4.78, 5) is 52.7. The number of para-hydroxylation sites is 1. The van der Waals surface area contributed by atoms with Crippen LogP contribution in [0.3, 0.4) is 0 Å². The first-order valence-electron chi connectivity index (χ1n) is 19.2. The molecule has 1 N–H and O–H groups in total. The lowest BCUT2D eigenvalue weighted by atomic mass is 9.79. The van der Waals surface area contributed by atoms with Crippen molar-refractivity contribution in [1.82, 2.24) is 20.3 Å². The first kappa shape index (κ1) is 40.6. The second kappa shape index (κ2) is 16.7. The average molecular weight is 819 g/mol. The number of alkyl halides is 1. The summed E-state index contributed by atoms with van der Waals surface area (Å²) in [5, 5.41) is 15.2. The van der Waals surface area contributed by atoms with E-state index in [4.69, 9.17) is 44.9 Å². The van der Waals surface area contributed by atoms with E-state index in [1.165, 1.54) is 30.5 Å². The van der Waals surface area contributed by atoms with Crippen LogP contribution in [-0.2, 0) is 26.4 Å². The van der Waals surface area contributed by atoms with Crippen LogP contribution in [0.1, 0.15) is 64.8 Å². The Labute approximate surface area is 338 Å². The molecule has 58 heavy (non-hydrogen) atoms. The molecular formula is C41H44ClFN6O9. The molecule has 2 aromatic carbocycles. The number of benzene rings is 2. The van der Waals surface area contributed by atoms with Gasteiger partial charge in [-0.2, -0.15) is 0 Å². The molecule has 0 saturated carbocycles. The Morgan fingerprint density at radius 2 is 1.91 bits per heavy atom. The summed E-state index contributed by atoms with van der Waals surface area (Å²) in [6.45, 7) is 8.39. The number of fused-ring (bicyclic) bond motifs is 3. The zero-order chi connectivity index (χ0) is 41.2. The number of aryl methyl sites for hydroxylation is 1. The molecular weight excluding hydrogens is 775 g/mol. The molecule has 0 amide bonds. The van der Waals surface area contributed by atoms with Crippen LogP contribution in [0.25, 0.3) is 22.1 Å². The third-order valence-corrected chi connectivity index (χ3v) is 10.4. The number of nitrogens with zero attached hydrogens (tertiary/aromatic N) is 5. The fourth-order valence-corrected chi connectivity index (χ4v) is 7.47. The summed E-state index contributed by atoms with van der Waals surface area (Å²) in [7, 11) is 0. The van der Waals surface area contributed by atoms with Crippen LogP contribution in [0.2, 0.25) is 5.02 Å². The van der Waals surface area contributed by atoms with Crippen molar-refractivity contribution in [3.8, 4) is 11.6 Å². The number of carbonyl (C=O) groups is 2. The molecule has 7 rings (SSSR count). The molecule has 15 nitrogen and oxygen atoms in total. The molecule has 5 heterocycles. The van der Waals surface area contributed by atoms with Crippen LogP contribution in [0.5, 0.6) is 11.6 Å². The molecule has 2 fully saturated rings. The molecule has 0 aliphatic carbocycles. The Morgan fingerprint density at radius 1 is 1.14 bits per heavy atom. The number of piperidine rings is 1. The number of esters is 1. The van der Waals surface area contributed by atoms with Crippen molar-refractivity contribution in [3.63, 3.8) is 0 Å². The molecule has 0 unspecified atom stereocenters. The van der Waals surface area contributed by atoms with Crippen LogP contribution in [0.15, 0.2) is 65.2 Å². The molecule has 0 bridgehead atoms. The largest absolute Gasteiger partial charge is 0.513 e. The van der Waals surface area contributed by atoms with Crippen molar-refractivity contribution in [3.05, 3.63) is 87.3 Å². The van der Waals surface area contributed by atoms with Crippen molar-refractivity contribution in [2.45, 2.75) is 83.2 Å². The first-order valence-corrected chi connectivity index (χ1v) is 19.6. The maximum atomic E-state index is 16.8. The lowest BCUT2D eigenvalue weighted by Crippen LogP contribution is -2.44. The van der Waals surface area contributed by atoms with Crippen LogP contribution in [-0.4, -0.2) is 76.0 Å². The van der Waals surface area contributed by atoms with Gasteiger partial charge in [-0.1, -0.05) is 30.7 Å². The van der Waals surface area contributed by atoms with Crippen LogP contribution in [0.4, 0.5) is 20.7 Å². The molecule has 306 valence electrons. The summed E-state index contributed by atoms with van der Waals surface area (Å²) in [6.07, 6.45) is 1.61. The van der Waals surface area contributed by atoms with Crippen molar-refractivity contribution in [1.29, 1.82) is 0 Å². The minimum atomic E-state index is -1.73. The maximum Gasteiger partial charge on any atom is 0.513 e. The Bertz CT molecular complexity index is 2320. The molecule has 17 heteroatoms. The number of carbonyl (C=O) groups excluding carboxylic acids is 2. The number of hydrogen-bond donors (Lipinski definition) is 1. The lowest BCUT2D eigenvalue weighted by molar-refractivity contribution is -0.384. The molecule has 2 saturated heterocycles. The van der Waals surface area contributed by atoms with Gasteiger partial charge in [-0.15, -0.1) is 0 Å². The monoisotopic (exact) mass is 818 g/mol.